The summed E-state index contributed by atoms with van der Waals surface area (Å²) >= 11 is 0. The summed E-state index contributed by atoms with van der Waals surface area (Å²) in [6.07, 6.45) is 1.11. The van der Waals surface area contributed by atoms with Gasteiger partial charge in [-0.1, -0.05) is 12.1 Å². The zero-order valence-electron chi connectivity index (χ0n) is 19.7. The van der Waals surface area contributed by atoms with Crippen LogP contribution in [0.1, 0.15) is 39.5 Å². The number of rotatable bonds is 7. The van der Waals surface area contributed by atoms with Gasteiger partial charge in [0.25, 0.3) is 0 Å². The molecule has 186 valence electrons. The Hall–Kier alpha value is -4.31. The third kappa shape index (κ3) is 4.63. The van der Waals surface area contributed by atoms with Crippen molar-refractivity contribution < 1.29 is 29.0 Å². The molecule has 4 N–H and O–H groups in total. The van der Waals surface area contributed by atoms with E-state index in [-0.39, 0.29) is 36.6 Å². The molecule has 0 fully saturated rings. The third-order valence-electron chi connectivity index (χ3n) is 6.25. The summed E-state index contributed by atoms with van der Waals surface area (Å²) in [5.41, 5.74) is 8.70. The van der Waals surface area contributed by atoms with Gasteiger partial charge in [-0.25, -0.2) is 9.18 Å². The van der Waals surface area contributed by atoms with Crippen LogP contribution in [0, 0.1) is 19.7 Å². The van der Waals surface area contributed by atoms with Crippen molar-refractivity contribution >= 4 is 23.5 Å². The first-order chi connectivity index (χ1) is 17.1. The number of nitrogens with zero attached hydrogens (tertiary/aromatic N) is 3. The summed E-state index contributed by atoms with van der Waals surface area (Å²) in [5.74, 6) is -3.47. The normalized spacial score (nSPS) is 15.7. The fourth-order valence-electron chi connectivity index (χ4n) is 4.41. The predicted molar refractivity (Wildman–Crippen MR) is 130 cm³/mol. The molecule has 0 saturated heterocycles. The van der Waals surface area contributed by atoms with E-state index in [2.05, 4.69) is 5.10 Å². The molecule has 1 aliphatic heterocycles. The number of anilines is 1. The summed E-state index contributed by atoms with van der Waals surface area (Å²) in [4.78, 5) is 38.9. The lowest BCUT2D eigenvalue weighted by molar-refractivity contribution is -0.133. The molecule has 4 rings (SSSR count). The molecule has 9 nitrogen and oxygen atoms in total. The molecule has 0 aliphatic carbocycles. The van der Waals surface area contributed by atoms with Gasteiger partial charge in [-0.05, 0) is 55.3 Å². The summed E-state index contributed by atoms with van der Waals surface area (Å²) in [6.45, 7) is 3.59. The van der Waals surface area contributed by atoms with Crippen molar-refractivity contribution in [3.8, 4) is 11.3 Å². The molecule has 1 atom stereocenters. The number of aliphatic hydroxyl groups is 1. The van der Waals surface area contributed by atoms with Crippen molar-refractivity contribution in [2.24, 2.45) is 5.73 Å². The number of carbonyl (C=O) groups excluding carboxylic acids is 2. The summed E-state index contributed by atoms with van der Waals surface area (Å²) in [5, 5.41) is 23.8. The first-order valence-electron chi connectivity index (χ1n) is 11.2. The van der Waals surface area contributed by atoms with E-state index in [4.69, 9.17) is 5.73 Å². The highest BCUT2D eigenvalue weighted by molar-refractivity contribution is 6.06. The highest BCUT2D eigenvalue weighted by atomic mass is 19.1. The third-order valence-corrected chi connectivity index (χ3v) is 6.25. The molecule has 1 aromatic heterocycles. The lowest BCUT2D eigenvalue weighted by Crippen LogP contribution is -2.35. The molecule has 36 heavy (non-hydrogen) atoms. The quantitative estimate of drug-likeness (QED) is 0.464. The molecule has 2 amide bonds. The summed E-state index contributed by atoms with van der Waals surface area (Å²) in [7, 11) is 0. The van der Waals surface area contributed by atoms with Crippen molar-refractivity contribution in [3.63, 3.8) is 0 Å². The molecule has 3 aromatic rings. The van der Waals surface area contributed by atoms with Crippen molar-refractivity contribution in [3.05, 3.63) is 82.4 Å². The van der Waals surface area contributed by atoms with Gasteiger partial charge in [0.05, 0.1) is 30.1 Å². The zero-order chi connectivity index (χ0) is 26.1. The highest BCUT2D eigenvalue weighted by Crippen LogP contribution is 2.39. The van der Waals surface area contributed by atoms with E-state index in [9.17, 15) is 29.0 Å². The maximum absolute atomic E-state index is 13.4. The van der Waals surface area contributed by atoms with Gasteiger partial charge in [-0.3, -0.25) is 19.2 Å². The average Bonchev–Trinajstić information content (AvgIpc) is 3.19. The maximum atomic E-state index is 13.4. The Balaban J connectivity index is 1.89. The number of carboxylic acid groups (broad SMARTS) is 1. The standard InChI is InChI=1S/C26H25FN4O5/c1-14-9-23(20(11-18(14)25(28)34)22-10-15(2)31(29-22)7-8-32)30-13-21(26(35)36)19(12-24(30)33)16-3-5-17(27)6-4-16/h3-6,9-11,13,19,32H,7-8,12H2,1-2H3,(H2,28,34)(H,35,36)/t19-/m0/s1. The molecule has 0 radical (unpaired) electrons. The van der Waals surface area contributed by atoms with Crippen LogP contribution >= 0.6 is 0 Å². The Morgan fingerprint density at radius 3 is 2.47 bits per heavy atom. The van der Waals surface area contributed by atoms with Crippen LogP contribution < -0.4 is 10.6 Å². The fourth-order valence-corrected chi connectivity index (χ4v) is 4.41. The average molecular weight is 493 g/mol. The molecule has 2 heterocycles. The largest absolute Gasteiger partial charge is 0.478 e. The van der Waals surface area contributed by atoms with Crippen LogP contribution in [0.25, 0.3) is 11.3 Å². The first kappa shape index (κ1) is 24.8. The van der Waals surface area contributed by atoms with Crippen LogP contribution in [0.3, 0.4) is 0 Å². The van der Waals surface area contributed by atoms with Crippen LogP contribution in [-0.4, -0.2) is 44.4 Å². The van der Waals surface area contributed by atoms with Crippen LogP contribution in [0.15, 0.2) is 54.2 Å². The second kappa shape index (κ2) is 9.74. The van der Waals surface area contributed by atoms with E-state index in [0.717, 1.165) is 5.69 Å². The van der Waals surface area contributed by atoms with Gasteiger partial charge in [0.2, 0.25) is 11.8 Å². The number of aliphatic hydroxyl groups excluding tert-OH is 1. The summed E-state index contributed by atoms with van der Waals surface area (Å²) < 4.78 is 15.0. The van der Waals surface area contributed by atoms with Crippen molar-refractivity contribution in [1.29, 1.82) is 0 Å². The van der Waals surface area contributed by atoms with Gasteiger partial charge in [-0.2, -0.15) is 5.10 Å². The van der Waals surface area contributed by atoms with Gasteiger partial charge in [0, 0.05) is 35.4 Å². The zero-order valence-corrected chi connectivity index (χ0v) is 19.7. The van der Waals surface area contributed by atoms with Gasteiger partial charge in [0.1, 0.15) is 5.82 Å². The molecule has 0 spiro atoms. The van der Waals surface area contributed by atoms with E-state index in [0.29, 0.717) is 28.1 Å². The highest BCUT2D eigenvalue weighted by Gasteiger charge is 2.34. The number of hydrogen-bond acceptors (Lipinski definition) is 5. The Bertz CT molecular complexity index is 1390. The minimum absolute atomic E-state index is 0.0363. The molecule has 0 saturated carbocycles. The van der Waals surface area contributed by atoms with E-state index < -0.39 is 23.6 Å². The van der Waals surface area contributed by atoms with Crippen molar-refractivity contribution in [2.45, 2.75) is 32.7 Å². The minimum atomic E-state index is -1.21. The van der Waals surface area contributed by atoms with E-state index in [1.54, 1.807) is 30.7 Å². The lowest BCUT2D eigenvalue weighted by Gasteiger charge is -2.31. The van der Waals surface area contributed by atoms with Crippen LogP contribution in [0.5, 0.6) is 0 Å². The smallest absolute Gasteiger partial charge is 0.333 e. The second-order valence-corrected chi connectivity index (χ2v) is 8.63. The number of carbonyl (C=O) groups is 3. The van der Waals surface area contributed by atoms with E-state index in [1.165, 1.54) is 41.4 Å². The van der Waals surface area contributed by atoms with Crippen molar-refractivity contribution in [2.75, 3.05) is 11.5 Å². The molecular weight excluding hydrogens is 467 g/mol. The Kier molecular flexibility index (Phi) is 6.71. The number of amides is 2. The van der Waals surface area contributed by atoms with E-state index in [1.807, 2.05) is 0 Å². The van der Waals surface area contributed by atoms with Crippen LogP contribution in [0.2, 0.25) is 0 Å². The number of benzene rings is 2. The molecule has 1 aliphatic rings. The summed E-state index contributed by atoms with van der Waals surface area (Å²) in [6, 6.07) is 10.3. The van der Waals surface area contributed by atoms with E-state index >= 15 is 0 Å². The van der Waals surface area contributed by atoms with Crippen molar-refractivity contribution in [1.82, 2.24) is 9.78 Å². The Labute approximate surface area is 206 Å². The number of hydrogen-bond donors (Lipinski definition) is 3. The number of carboxylic acids is 1. The number of aromatic nitrogens is 2. The minimum Gasteiger partial charge on any atom is -0.478 e. The number of aryl methyl sites for hydroxylation is 2. The van der Waals surface area contributed by atoms with Gasteiger partial charge in [-0.15, -0.1) is 0 Å². The fraction of sp³-hybridized carbons (Fsp3) is 0.231. The molecule has 2 aromatic carbocycles. The van der Waals surface area contributed by atoms with Crippen LogP contribution in [0.4, 0.5) is 10.1 Å². The maximum Gasteiger partial charge on any atom is 0.333 e. The monoisotopic (exact) mass is 492 g/mol. The SMILES string of the molecule is Cc1cc(N2C=C(C(=O)O)[C@H](c3ccc(F)cc3)CC2=O)c(-c2cc(C)n(CCO)n2)cc1C(N)=O. The number of primary amides is 1. The second-order valence-electron chi connectivity index (χ2n) is 8.63. The first-order valence-corrected chi connectivity index (χ1v) is 11.2. The topological polar surface area (TPSA) is 139 Å². The predicted octanol–water partition coefficient (Wildman–Crippen LogP) is 2.89. The van der Waals surface area contributed by atoms with Crippen LogP contribution in [-0.2, 0) is 16.1 Å². The molecular formula is C26H25FN4O5. The van der Waals surface area contributed by atoms with Gasteiger partial charge >= 0.3 is 5.97 Å². The molecule has 0 unspecified atom stereocenters. The number of aliphatic carboxylic acids is 1. The Morgan fingerprint density at radius 1 is 1.17 bits per heavy atom. The van der Waals surface area contributed by atoms with Gasteiger partial charge in [0.15, 0.2) is 0 Å². The number of halogens is 1. The molecule has 10 heteroatoms. The lowest BCUT2D eigenvalue weighted by atomic mass is 9.85. The van der Waals surface area contributed by atoms with Gasteiger partial charge < -0.3 is 15.9 Å². The molecule has 0 bridgehead atoms. The number of nitrogens with two attached hydrogens (primary N) is 1. The Morgan fingerprint density at radius 2 is 1.86 bits per heavy atom.